The van der Waals surface area contributed by atoms with Crippen LogP contribution in [0.4, 0.5) is 0 Å². The van der Waals surface area contributed by atoms with Gasteiger partial charge in [0.1, 0.15) is 10.1 Å². The number of para-hydroxylation sites is 1. The molecule has 29 heavy (non-hydrogen) atoms. The van der Waals surface area contributed by atoms with E-state index in [2.05, 4.69) is 13.8 Å². The van der Waals surface area contributed by atoms with Crippen molar-refractivity contribution in [3.05, 3.63) is 51.1 Å². The molecule has 0 unspecified atom stereocenters. The van der Waals surface area contributed by atoms with Crippen molar-refractivity contribution in [2.45, 2.75) is 50.3 Å². The summed E-state index contributed by atoms with van der Waals surface area (Å²) in [5, 5.41) is 9.65. The van der Waals surface area contributed by atoms with Crippen LogP contribution in [0.25, 0.3) is 15.9 Å². The van der Waals surface area contributed by atoms with Crippen molar-refractivity contribution in [1.29, 1.82) is 0 Å². The number of nitrogens with zero attached hydrogens (tertiary/aromatic N) is 2. The van der Waals surface area contributed by atoms with Gasteiger partial charge in [-0.05, 0) is 30.5 Å². The number of thiophene rings is 1. The maximum Gasteiger partial charge on any atom is 0.316 e. The van der Waals surface area contributed by atoms with Crippen LogP contribution in [0, 0.1) is 5.92 Å². The van der Waals surface area contributed by atoms with Gasteiger partial charge in [-0.25, -0.2) is 4.98 Å². The number of fused-ring (bicyclic) bond motifs is 3. The maximum atomic E-state index is 13.6. The highest BCUT2D eigenvalue weighted by atomic mass is 32.2. The Morgan fingerprint density at radius 2 is 2.03 bits per heavy atom. The SMILES string of the molecule is CC(C)[C@@H]1Cc2c(sc3nc(S[C@H](C)C(=O)O)n(-c4ccccc4)c(=O)c23)CO1. The molecule has 3 heterocycles. The molecule has 0 aliphatic carbocycles. The molecular weight excluding hydrogens is 408 g/mol. The van der Waals surface area contributed by atoms with E-state index in [1.165, 1.54) is 11.3 Å². The first kappa shape index (κ1) is 20.1. The monoisotopic (exact) mass is 430 g/mol. The second-order valence-corrected chi connectivity index (χ2v) is 9.84. The number of carboxylic acid groups (broad SMARTS) is 1. The van der Waals surface area contributed by atoms with Gasteiger partial charge in [0.2, 0.25) is 0 Å². The summed E-state index contributed by atoms with van der Waals surface area (Å²) in [7, 11) is 0. The van der Waals surface area contributed by atoms with Gasteiger partial charge >= 0.3 is 5.97 Å². The Morgan fingerprint density at radius 1 is 1.31 bits per heavy atom. The molecular formula is C21H22N2O4S2. The van der Waals surface area contributed by atoms with E-state index in [0.717, 1.165) is 22.2 Å². The van der Waals surface area contributed by atoms with Crippen molar-refractivity contribution < 1.29 is 14.6 Å². The third-order valence-electron chi connectivity index (χ3n) is 5.10. The molecule has 8 heteroatoms. The number of ether oxygens (including phenoxy) is 1. The summed E-state index contributed by atoms with van der Waals surface area (Å²) in [4.78, 5) is 31.5. The summed E-state index contributed by atoms with van der Waals surface area (Å²) in [6, 6.07) is 9.26. The van der Waals surface area contributed by atoms with Gasteiger partial charge in [-0.2, -0.15) is 0 Å². The van der Waals surface area contributed by atoms with E-state index in [0.29, 0.717) is 40.0 Å². The van der Waals surface area contributed by atoms with Crippen LogP contribution < -0.4 is 5.56 Å². The molecule has 4 rings (SSSR count). The van der Waals surface area contributed by atoms with Crippen molar-refractivity contribution in [3.8, 4) is 5.69 Å². The molecule has 0 fully saturated rings. The van der Waals surface area contributed by atoms with Crippen LogP contribution in [0.15, 0.2) is 40.3 Å². The second kappa shape index (κ2) is 7.93. The van der Waals surface area contributed by atoms with Crippen LogP contribution in [0.2, 0.25) is 0 Å². The third kappa shape index (κ3) is 3.72. The summed E-state index contributed by atoms with van der Waals surface area (Å²) in [6.07, 6.45) is 0.766. The number of thioether (sulfide) groups is 1. The molecule has 152 valence electrons. The standard InChI is InChI=1S/C21H22N2O4S2/c1-11(2)15-9-14-16(10-27-15)29-18-17(14)19(24)23(13-7-5-4-6-8-13)21(22-18)28-12(3)20(25)26/h4-8,11-12,15H,9-10H2,1-3H3,(H,25,26)/t12-,15+/m1/s1. The molecule has 0 spiro atoms. The number of carbonyl (C=O) groups is 1. The molecule has 0 saturated heterocycles. The van der Waals surface area contributed by atoms with Gasteiger partial charge in [0.05, 0.1) is 23.8 Å². The molecule has 6 nitrogen and oxygen atoms in total. The average Bonchev–Trinajstić information content (AvgIpc) is 3.06. The predicted octanol–water partition coefficient (Wildman–Crippen LogP) is 4.11. The molecule has 1 aliphatic rings. The third-order valence-corrected chi connectivity index (χ3v) is 7.24. The zero-order chi connectivity index (χ0) is 20.7. The quantitative estimate of drug-likeness (QED) is 0.485. The molecule has 2 aromatic heterocycles. The fraction of sp³-hybridized carbons (Fsp3) is 0.381. The van der Waals surface area contributed by atoms with Crippen LogP contribution in [-0.4, -0.2) is 32.0 Å². The molecule has 0 saturated carbocycles. The zero-order valence-electron chi connectivity index (χ0n) is 16.4. The van der Waals surface area contributed by atoms with Crippen molar-refractivity contribution in [2.75, 3.05) is 0 Å². The summed E-state index contributed by atoms with van der Waals surface area (Å²) < 4.78 is 7.51. The van der Waals surface area contributed by atoms with E-state index in [-0.39, 0.29) is 11.7 Å². The lowest BCUT2D eigenvalue weighted by Crippen LogP contribution is -2.28. The van der Waals surface area contributed by atoms with E-state index < -0.39 is 11.2 Å². The molecule has 1 aromatic carbocycles. The van der Waals surface area contributed by atoms with E-state index in [1.807, 2.05) is 30.3 Å². The van der Waals surface area contributed by atoms with Crippen LogP contribution in [-0.2, 0) is 22.6 Å². The minimum absolute atomic E-state index is 0.0750. The molecule has 0 bridgehead atoms. The molecule has 3 aromatic rings. The van der Waals surface area contributed by atoms with Crippen molar-refractivity contribution in [1.82, 2.24) is 9.55 Å². The van der Waals surface area contributed by atoms with Crippen molar-refractivity contribution in [3.63, 3.8) is 0 Å². The molecule has 1 aliphatic heterocycles. The van der Waals surface area contributed by atoms with Gasteiger partial charge < -0.3 is 9.84 Å². The second-order valence-electron chi connectivity index (χ2n) is 7.45. The fourth-order valence-corrected chi connectivity index (χ4v) is 5.45. The number of benzene rings is 1. The number of rotatable bonds is 5. The van der Waals surface area contributed by atoms with Crippen LogP contribution in [0.1, 0.15) is 31.2 Å². The molecule has 1 N–H and O–H groups in total. The molecule has 0 radical (unpaired) electrons. The number of carboxylic acids is 1. The van der Waals surface area contributed by atoms with Crippen LogP contribution in [0.3, 0.4) is 0 Å². The number of aliphatic carboxylic acids is 1. The van der Waals surface area contributed by atoms with Gasteiger partial charge in [0, 0.05) is 11.3 Å². The van der Waals surface area contributed by atoms with Crippen LogP contribution >= 0.6 is 23.1 Å². The summed E-state index contributed by atoms with van der Waals surface area (Å²) >= 11 is 2.55. The van der Waals surface area contributed by atoms with E-state index in [1.54, 1.807) is 11.5 Å². The van der Waals surface area contributed by atoms with Gasteiger partial charge in [-0.3, -0.25) is 14.2 Å². The van der Waals surface area contributed by atoms with Crippen molar-refractivity contribution in [2.24, 2.45) is 5.92 Å². The summed E-state index contributed by atoms with van der Waals surface area (Å²) in [6.45, 7) is 6.32. The van der Waals surface area contributed by atoms with Gasteiger partial charge in [0.15, 0.2) is 5.16 Å². The Hall–Kier alpha value is -2.16. The summed E-state index contributed by atoms with van der Waals surface area (Å²) in [5.41, 5.74) is 1.56. The largest absolute Gasteiger partial charge is 0.480 e. The first-order chi connectivity index (χ1) is 13.9. The lowest BCUT2D eigenvalue weighted by atomic mass is 9.96. The summed E-state index contributed by atoms with van der Waals surface area (Å²) in [5.74, 6) is -0.587. The number of hydrogen-bond acceptors (Lipinski definition) is 6. The maximum absolute atomic E-state index is 13.6. The average molecular weight is 431 g/mol. The smallest absolute Gasteiger partial charge is 0.316 e. The van der Waals surface area contributed by atoms with E-state index in [9.17, 15) is 14.7 Å². The highest BCUT2D eigenvalue weighted by Gasteiger charge is 2.29. The topological polar surface area (TPSA) is 81.4 Å². The van der Waals surface area contributed by atoms with Gasteiger partial charge in [-0.15, -0.1) is 11.3 Å². The Balaban J connectivity index is 1.94. The highest BCUT2D eigenvalue weighted by molar-refractivity contribution is 8.00. The first-order valence-corrected chi connectivity index (χ1v) is 11.2. The Kier molecular flexibility index (Phi) is 5.50. The number of aromatic nitrogens is 2. The van der Waals surface area contributed by atoms with E-state index >= 15 is 0 Å². The normalized spacial score (nSPS) is 17.4. The minimum atomic E-state index is -0.942. The van der Waals surface area contributed by atoms with Gasteiger partial charge in [0.25, 0.3) is 5.56 Å². The molecule has 2 atom stereocenters. The lowest BCUT2D eigenvalue weighted by Gasteiger charge is -2.26. The Morgan fingerprint density at radius 3 is 2.69 bits per heavy atom. The predicted molar refractivity (Wildman–Crippen MR) is 115 cm³/mol. The van der Waals surface area contributed by atoms with Gasteiger partial charge in [-0.1, -0.05) is 43.8 Å². The zero-order valence-corrected chi connectivity index (χ0v) is 18.0. The Labute approximate surface area is 176 Å². The number of hydrogen-bond donors (Lipinski definition) is 1. The highest BCUT2D eigenvalue weighted by Crippen LogP contribution is 2.36. The Bertz CT molecular complexity index is 1120. The molecule has 0 amide bonds. The minimum Gasteiger partial charge on any atom is -0.480 e. The first-order valence-electron chi connectivity index (χ1n) is 9.50. The van der Waals surface area contributed by atoms with Crippen LogP contribution in [0.5, 0.6) is 0 Å². The fourth-order valence-electron chi connectivity index (χ4n) is 3.43. The van der Waals surface area contributed by atoms with Crippen molar-refractivity contribution >= 4 is 39.3 Å². The lowest BCUT2D eigenvalue weighted by molar-refractivity contribution is -0.136. The van der Waals surface area contributed by atoms with E-state index in [4.69, 9.17) is 9.72 Å².